The molecule has 0 atom stereocenters. The third-order valence-corrected chi connectivity index (χ3v) is 4.95. The highest BCUT2D eigenvalue weighted by atomic mass is 35.5. The first-order chi connectivity index (χ1) is 12.7. The van der Waals surface area contributed by atoms with Crippen LogP contribution in [-0.4, -0.2) is 40.7 Å². The third-order valence-electron chi connectivity index (χ3n) is 3.94. The molecule has 2 aliphatic heterocycles. The van der Waals surface area contributed by atoms with E-state index in [-0.39, 0.29) is 36.5 Å². The number of esters is 1. The van der Waals surface area contributed by atoms with Crippen LogP contribution in [0.2, 0.25) is 0 Å². The smallest absolute Gasteiger partial charge is 0.330 e. The van der Waals surface area contributed by atoms with Crippen LogP contribution in [0.3, 0.4) is 0 Å². The lowest BCUT2D eigenvalue weighted by atomic mass is 10.1. The molecule has 0 bridgehead atoms. The van der Waals surface area contributed by atoms with Gasteiger partial charge in [0, 0.05) is 24.7 Å². The highest BCUT2D eigenvalue weighted by molar-refractivity contribution is 8.18. The second-order valence-electron chi connectivity index (χ2n) is 6.87. The molecule has 160 valence electrons. The number of hydrogen-bond acceptors (Lipinski definition) is 7. The molecule has 0 radical (unpaired) electrons. The number of benzene rings is 1. The summed E-state index contributed by atoms with van der Waals surface area (Å²) in [6.45, 7) is 4.60. The number of carbonyl (C=O) groups is 2. The molecule has 1 aromatic carbocycles. The summed E-state index contributed by atoms with van der Waals surface area (Å²) in [5.41, 5.74) is 8.09. The normalized spacial score (nSPS) is 18.1. The molecule has 0 aromatic heterocycles. The Kier molecular flexibility index (Phi) is 9.10. The van der Waals surface area contributed by atoms with E-state index >= 15 is 0 Å². The molecule has 1 saturated heterocycles. The van der Waals surface area contributed by atoms with Crippen LogP contribution >= 0.6 is 36.6 Å². The number of thioether (sulfide) groups is 1. The molecule has 0 aliphatic carbocycles. The van der Waals surface area contributed by atoms with Gasteiger partial charge in [0.25, 0.3) is 5.91 Å². The summed E-state index contributed by atoms with van der Waals surface area (Å²) in [7, 11) is 0. The van der Waals surface area contributed by atoms with Crippen molar-refractivity contribution >= 4 is 59.7 Å². The summed E-state index contributed by atoms with van der Waals surface area (Å²) in [5, 5.41) is 2.44. The Balaban J connectivity index is 0.00000210. The maximum absolute atomic E-state index is 13.6. The molecule has 0 saturated carbocycles. The van der Waals surface area contributed by atoms with Crippen LogP contribution in [0, 0.1) is 5.82 Å². The lowest BCUT2D eigenvalue weighted by molar-refractivity contribution is -0.139. The highest BCUT2D eigenvalue weighted by Gasteiger charge is 2.28. The van der Waals surface area contributed by atoms with Crippen molar-refractivity contribution in [2.24, 2.45) is 10.7 Å². The number of halogens is 3. The number of rotatable bonds is 3. The van der Waals surface area contributed by atoms with Crippen molar-refractivity contribution in [3.8, 4) is 5.75 Å². The summed E-state index contributed by atoms with van der Waals surface area (Å²) in [6.07, 6.45) is 3.64. The van der Waals surface area contributed by atoms with Gasteiger partial charge in [0.05, 0.1) is 4.91 Å². The monoisotopic (exact) mass is 464 g/mol. The Hall–Kier alpha value is -1.65. The first-order valence-electron chi connectivity index (χ1n) is 8.58. The van der Waals surface area contributed by atoms with Crippen LogP contribution in [0.25, 0.3) is 6.08 Å². The first kappa shape index (κ1) is 25.4. The predicted octanol–water partition coefficient (Wildman–Crippen LogP) is 2.88. The largest absolute Gasteiger partial charge is 0.424 e. The fourth-order valence-corrected chi connectivity index (χ4v) is 3.36. The topological polar surface area (TPSA) is 97.0 Å². The number of nitrogens with two attached hydrogens (primary N) is 1. The average Bonchev–Trinajstić information content (AvgIpc) is 2.98. The second kappa shape index (κ2) is 10.4. The Morgan fingerprint density at radius 3 is 2.72 bits per heavy atom. The maximum atomic E-state index is 13.6. The Morgan fingerprint density at radius 2 is 2.10 bits per heavy atom. The van der Waals surface area contributed by atoms with Gasteiger partial charge in [0.1, 0.15) is 17.1 Å². The highest BCUT2D eigenvalue weighted by Crippen LogP contribution is 2.33. The molecule has 3 N–H and O–H groups in total. The SMILES string of the molecule is CC(C)(N)C(=O)Oc1cc(F)ccc1C=C1SC(N2CCCCN2)=NC1=O.Cl.Cl. The average molecular weight is 465 g/mol. The number of hydrogen-bond donors (Lipinski definition) is 2. The summed E-state index contributed by atoms with van der Waals surface area (Å²) in [6, 6.07) is 3.77. The van der Waals surface area contributed by atoms with E-state index in [0.29, 0.717) is 15.6 Å². The molecule has 29 heavy (non-hydrogen) atoms. The lowest BCUT2D eigenvalue weighted by Crippen LogP contribution is -2.45. The molecule has 2 aliphatic rings. The van der Waals surface area contributed by atoms with Crippen LogP contribution in [0.5, 0.6) is 5.75 Å². The van der Waals surface area contributed by atoms with Gasteiger partial charge in [-0.3, -0.25) is 9.80 Å². The summed E-state index contributed by atoms with van der Waals surface area (Å²) < 4.78 is 18.9. The zero-order chi connectivity index (χ0) is 19.6. The number of amides is 1. The van der Waals surface area contributed by atoms with Gasteiger partial charge in [-0.15, -0.1) is 24.8 Å². The van der Waals surface area contributed by atoms with Gasteiger partial charge in [-0.25, -0.2) is 14.6 Å². The van der Waals surface area contributed by atoms with Crippen molar-refractivity contribution in [2.75, 3.05) is 13.1 Å². The second-order valence-corrected chi connectivity index (χ2v) is 7.88. The Morgan fingerprint density at radius 1 is 1.38 bits per heavy atom. The van der Waals surface area contributed by atoms with Gasteiger partial charge in [-0.1, -0.05) is 0 Å². The summed E-state index contributed by atoms with van der Waals surface area (Å²) in [4.78, 5) is 28.8. The van der Waals surface area contributed by atoms with Crippen LogP contribution in [0.1, 0.15) is 32.3 Å². The van der Waals surface area contributed by atoms with Crippen LogP contribution in [0.15, 0.2) is 28.1 Å². The lowest BCUT2D eigenvalue weighted by Gasteiger charge is -2.28. The van der Waals surface area contributed by atoms with Crippen LogP contribution in [0.4, 0.5) is 4.39 Å². The number of hydrazine groups is 1. The van der Waals surface area contributed by atoms with Gasteiger partial charge in [-0.2, -0.15) is 4.99 Å². The number of aliphatic imine (C=N–C) groups is 1. The molecular weight excluding hydrogens is 442 g/mol. The number of nitrogens with one attached hydrogen (secondary N) is 1. The molecule has 2 heterocycles. The fourth-order valence-electron chi connectivity index (χ4n) is 2.45. The number of amidine groups is 1. The zero-order valence-electron chi connectivity index (χ0n) is 15.9. The van der Waals surface area contributed by atoms with E-state index in [1.54, 1.807) is 6.08 Å². The van der Waals surface area contributed by atoms with Crippen molar-refractivity contribution in [1.82, 2.24) is 10.4 Å². The van der Waals surface area contributed by atoms with Gasteiger partial charge in [0.15, 0.2) is 5.17 Å². The number of carbonyl (C=O) groups excluding carboxylic acids is 2. The minimum absolute atomic E-state index is 0. The fraction of sp³-hybridized carbons (Fsp3) is 0.389. The third kappa shape index (κ3) is 6.42. The molecule has 0 spiro atoms. The molecule has 1 amide bonds. The van der Waals surface area contributed by atoms with E-state index in [1.165, 1.54) is 37.7 Å². The standard InChI is InChI=1S/C18H21FN4O3S.2ClH/c1-18(2,20)16(25)26-13-10-12(19)6-5-11(13)9-14-15(24)22-17(27-14)23-8-4-3-7-21-23;;/h5-6,9-10,21H,3-4,7-8,20H2,1-2H3;2*1H. The molecule has 1 aromatic rings. The predicted molar refractivity (Wildman–Crippen MR) is 117 cm³/mol. The number of nitrogens with zero attached hydrogens (tertiary/aromatic N) is 2. The minimum atomic E-state index is -1.23. The van der Waals surface area contributed by atoms with Gasteiger partial charge < -0.3 is 10.5 Å². The van der Waals surface area contributed by atoms with E-state index < -0.39 is 17.3 Å². The Labute approximate surface area is 185 Å². The quantitative estimate of drug-likeness (QED) is 0.403. The number of ether oxygens (including phenoxy) is 1. The first-order valence-corrected chi connectivity index (χ1v) is 9.40. The molecule has 7 nitrogen and oxygen atoms in total. The maximum Gasteiger partial charge on any atom is 0.330 e. The Bertz CT molecular complexity index is 837. The van der Waals surface area contributed by atoms with Crippen molar-refractivity contribution in [1.29, 1.82) is 0 Å². The minimum Gasteiger partial charge on any atom is -0.424 e. The molecule has 11 heteroatoms. The van der Waals surface area contributed by atoms with Crippen molar-refractivity contribution in [3.63, 3.8) is 0 Å². The van der Waals surface area contributed by atoms with E-state index in [0.717, 1.165) is 32.0 Å². The van der Waals surface area contributed by atoms with E-state index in [2.05, 4.69) is 10.4 Å². The molecule has 1 fully saturated rings. The van der Waals surface area contributed by atoms with Crippen LogP contribution < -0.4 is 15.9 Å². The van der Waals surface area contributed by atoms with Gasteiger partial charge >= 0.3 is 5.97 Å². The molecular formula is C18H23Cl2FN4O3S. The van der Waals surface area contributed by atoms with E-state index in [9.17, 15) is 14.0 Å². The summed E-state index contributed by atoms with van der Waals surface area (Å²) >= 11 is 1.22. The molecule has 3 rings (SSSR count). The van der Waals surface area contributed by atoms with Crippen molar-refractivity contribution < 1.29 is 18.7 Å². The zero-order valence-corrected chi connectivity index (χ0v) is 18.4. The van der Waals surface area contributed by atoms with E-state index in [1.807, 2.05) is 5.01 Å². The van der Waals surface area contributed by atoms with Crippen molar-refractivity contribution in [3.05, 3.63) is 34.5 Å². The summed E-state index contributed by atoms with van der Waals surface area (Å²) in [5.74, 6) is -1.64. The molecule has 0 unspecified atom stereocenters. The van der Waals surface area contributed by atoms with E-state index in [4.69, 9.17) is 10.5 Å². The van der Waals surface area contributed by atoms with Gasteiger partial charge in [-0.05, 0) is 56.7 Å². The van der Waals surface area contributed by atoms with Gasteiger partial charge in [0.2, 0.25) is 0 Å². The van der Waals surface area contributed by atoms with Crippen molar-refractivity contribution in [2.45, 2.75) is 32.2 Å². The van der Waals surface area contributed by atoms with Crippen LogP contribution in [-0.2, 0) is 9.59 Å².